The summed E-state index contributed by atoms with van der Waals surface area (Å²) in [6.45, 7) is 7.11. The van der Waals surface area contributed by atoms with Crippen LogP contribution in [0, 0.1) is 6.92 Å². The minimum atomic E-state index is 0. The molecule has 1 saturated heterocycles. The number of phenols is 1. The van der Waals surface area contributed by atoms with Gasteiger partial charge in [-0.1, -0.05) is 36.8 Å². The minimum Gasteiger partial charge on any atom is -0.508 e. The molecular weight excluding hydrogens is 444 g/mol. The highest BCUT2D eigenvalue weighted by atomic mass is 35.5. The SMILES string of the molecule is Cc1c(-c2ccc(O)cc2)n(Cc2ccc(OCCN3CCCCC3)cc2)c2ccccc12.Cl. The van der Waals surface area contributed by atoms with Crippen LogP contribution >= 0.6 is 12.4 Å². The molecule has 34 heavy (non-hydrogen) atoms. The van der Waals surface area contributed by atoms with Crippen molar-refractivity contribution in [1.82, 2.24) is 9.47 Å². The van der Waals surface area contributed by atoms with Gasteiger partial charge in [-0.2, -0.15) is 0 Å². The molecule has 0 saturated carbocycles. The first kappa shape index (κ1) is 24.2. The molecule has 0 bridgehead atoms. The highest BCUT2D eigenvalue weighted by Crippen LogP contribution is 2.34. The van der Waals surface area contributed by atoms with Crippen LogP contribution in [-0.2, 0) is 6.54 Å². The average molecular weight is 477 g/mol. The summed E-state index contributed by atoms with van der Waals surface area (Å²) in [7, 11) is 0. The van der Waals surface area contributed by atoms with Gasteiger partial charge in [0.2, 0.25) is 0 Å². The van der Waals surface area contributed by atoms with Crippen LogP contribution in [0.1, 0.15) is 30.4 Å². The molecule has 0 spiro atoms. The number of likely N-dealkylation sites (tertiary alicyclic amines) is 1. The normalized spacial score (nSPS) is 14.1. The van der Waals surface area contributed by atoms with Gasteiger partial charge >= 0.3 is 0 Å². The van der Waals surface area contributed by atoms with Crippen molar-refractivity contribution < 1.29 is 9.84 Å². The summed E-state index contributed by atoms with van der Waals surface area (Å²) in [6.07, 6.45) is 3.99. The van der Waals surface area contributed by atoms with Gasteiger partial charge in [0.15, 0.2) is 0 Å². The van der Waals surface area contributed by atoms with Crippen molar-refractivity contribution in [3.8, 4) is 22.8 Å². The quantitative estimate of drug-likeness (QED) is 0.324. The van der Waals surface area contributed by atoms with Crippen LogP contribution in [0.25, 0.3) is 22.2 Å². The Labute approximate surface area is 208 Å². The molecule has 0 amide bonds. The lowest BCUT2D eigenvalue weighted by Gasteiger charge is -2.26. The summed E-state index contributed by atoms with van der Waals surface area (Å²) in [4.78, 5) is 2.50. The van der Waals surface area contributed by atoms with E-state index in [4.69, 9.17) is 4.74 Å². The largest absolute Gasteiger partial charge is 0.508 e. The molecule has 2 heterocycles. The van der Waals surface area contributed by atoms with Crippen LogP contribution in [0.2, 0.25) is 0 Å². The standard InChI is InChI=1S/C29H32N2O2.ClH/c1-22-27-7-3-4-8-28(27)31(29(22)24-11-13-25(32)14-12-24)21-23-9-15-26(16-10-23)33-20-19-30-17-5-2-6-18-30;/h3-4,7-16,32H,2,5-6,17-21H2,1H3;1H. The Morgan fingerprint density at radius 2 is 1.56 bits per heavy atom. The first-order chi connectivity index (χ1) is 16.2. The third-order valence-electron chi connectivity index (χ3n) is 6.75. The molecule has 0 radical (unpaired) electrons. The third-order valence-corrected chi connectivity index (χ3v) is 6.75. The Bertz CT molecular complexity index is 1210. The Kier molecular flexibility index (Phi) is 7.81. The van der Waals surface area contributed by atoms with E-state index >= 15 is 0 Å². The fraction of sp³-hybridized carbons (Fsp3) is 0.310. The van der Waals surface area contributed by atoms with Gasteiger partial charge in [-0.15, -0.1) is 12.4 Å². The molecule has 5 rings (SSSR count). The Morgan fingerprint density at radius 3 is 2.29 bits per heavy atom. The monoisotopic (exact) mass is 476 g/mol. The van der Waals surface area contributed by atoms with Crippen molar-refractivity contribution in [1.29, 1.82) is 0 Å². The predicted octanol–water partition coefficient (Wildman–Crippen LogP) is 6.66. The van der Waals surface area contributed by atoms with Gasteiger partial charge in [-0.25, -0.2) is 0 Å². The fourth-order valence-corrected chi connectivity index (χ4v) is 4.98. The number of hydrogen-bond donors (Lipinski definition) is 1. The molecule has 1 aliphatic heterocycles. The molecule has 5 heteroatoms. The molecule has 4 aromatic rings. The van der Waals surface area contributed by atoms with Gasteiger partial charge in [0.05, 0.1) is 5.69 Å². The Morgan fingerprint density at radius 1 is 0.853 bits per heavy atom. The summed E-state index contributed by atoms with van der Waals surface area (Å²) < 4.78 is 8.40. The first-order valence-corrected chi connectivity index (χ1v) is 12.0. The summed E-state index contributed by atoms with van der Waals surface area (Å²) >= 11 is 0. The highest BCUT2D eigenvalue weighted by Gasteiger charge is 2.16. The van der Waals surface area contributed by atoms with E-state index in [1.807, 2.05) is 12.1 Å². The number of benzene rings is 3. The summed E-state index contributed by atoms with van der Waals surface area (Å²) in [5.41, 5.74) is 6.02. The van der Waals surface area contributed by atoms with E-state index < -0.39 is 0 Å². The van der Waals surface area contributed by atoms with Crippen LogP contribution in [-0.4, -0.2) is 40.8 Å². The van der Waals surface area contributed by atoms with Crippen LogP contribution < -0.4 is 4.74 Å². The van der Waals surface area contributed by atoms with E-state index in [-0.39, 0.29) is 18.2 Å². The number of nitrogens with zero attached hydrogens (tertiary/aromatic N) is 2. The number of fused-ring (bicyclic) bond motifs is 1. The average Bonchev–Trinajstić information content (AvgIpc) is 3.13. The van der Waals surface area contributed by atoms with Crippen molar-refractivity contribution in [3.05, 3.63) is 83.9 Å². The predicted molar refractivity (Wildman–Crippen MR) is 142 cm³/mol. The van der Waals surface area contributed by atoms with Gasteiger partial charge < -0.3 is 14.4 Å². The van der Waals surface area contributed by atoms with E-state index in [1.165, 1.54) is 60.1 Å². The van der Waals surface area contributed by atoms with E-state index in [0.29, 0.717) is 0 Å². The molecule has 1 aromatic heterocycles. The molecule has 3 aromatic carbocycles. The third kappa shape index (κ3) is 5.24. The number of phenolic OH excluding ortho intramolecular Hbond substituents is 1. The van der Waals surface area contributed by atoms with E-state index in [0.717, 1.165) is 31.0 Å². The zero-order chi connectivity index (χ0) is 22.6. The Balaban J connectivity index is 0.00000274. The number of aromatic nitrogens is 1. The number of ether oxygens (including phenoxy) is 1. The number of para-hydroxylation sites is 1. The van der Waals surface area contributed by atoms with Crippen molar-refractivity contribution in [2.45, 2.75) is 32.7 Å². The number of halogens is 1. The molecule has 1 aliphatic rings. The van der Waals surface area contributed by atoms with Gasteiger partial charge in [-0.05, 0) is 92.0 Å². The Hall–Kier alpha value is -2.95. The smallest absolute Gasteiger partial charge is 0.119 e. The van der Waals surface area contributed by atoms with Crippen LogP contribution in [0.4, 0.5) is 0 Å². The summed E-state index contributed by atoms with van der Waals surface area (Å²) in [5.74, 6) is 1.22. The highest BCUT2D eigenvalue weighted by molar-refractivity contribution is 5.91. The van der Waals surface area contributed by atoms with Gasteiger partial charge in [-0.3, -0.25) is 4.90 Å². The maximum atomic E-state index is 9.76. The zero-order valence-corrected chi connectivity index (χ0v) is 20.6. The van der Waals surface area contributed by atoms with E-state index in [9.17, 15) is 5.11 Å². The number of aryl methyl sites for hydroxylation is 1. The van der Waals surface area contributed by atoms with Crippen molar-refractivity contribution in [2.75, 3.05) is 26.2 Å². The van der Waals surface area contributed by atoms with Crippen molar-refractivity contribution in [2.24, 2.45) is 0 Å². The second-order valence-electron chi connectivity index (χ2n) is 9.02. The molecule has 0 aliphatic carbocycles. The molecule has 4 nitrogen and oxygen atoms in total. The minimum absolute atomic E-state index is 0. The second-order valence-corrected chi connectivity index (χ2v) is 9.02. The van der Waals surface area contributed by atoms with Crippen molar-refractivity contribution >= 4 is 23.3 Å². The second kappa shape index (κ2) is 11.0. The lowest BCUT2D eigenvalue weighted by molar-refractivity contribution is 0.183. The topological polar surface area (TPSA) is 37.6 Å². The molecule has 0 unspecified atom stereocenters. The van der Waals surface area contributed by atoms with Gasteiger partial charge in [0.25, 0.3) is 0 Å². The van der Waals surface area contributed by atoms with Gasteiger partial charge in [0.1, 0.15) is 18.1 Å². The summed E-state index contributed by atoms with van der Waals surface area (Å²) in [6, 6.07) is 24.6. The lowest BCUT2D eigenvalue weighted by atomic mass is 10.1. The number of piperidine rings is 1. The first-order valence-electron chi connectivity index (χ1n) is 12.0. The lowest BCUT2D eigenvalue weighted by Crippen LogP contribution is -2.33. The molecular formula is C29H33ClN2O2. The molecule has 178 valence electrons. The number of rotatable bonds is 7. The molecule has 1 N–H and O–H groups in total. The molecule has 1 fully saturated rings. The van der Waals surface area contributed by atoms with Crippen LogP contribution in [0.15, 0.2) is 72.8 Å². The van der Waals surface area contributed by atoms with Crippen LogP contribution in [0.5, 0.6) is 11.5 Å². The van der Waals surface area contributed by atoms with Gasteiger partial charge in [0, 0.05) is 24.0 Å². The van der Waals surface area contributed by atoms with E-state index in [2.05, 4.69) is 64.9 Å². The maximum absolute atomic E-state index is 9.76. The zero-order valence-electron chi connectivity index (χ0n) is 19.7. The molecule has 0 atom stereocenters. The van der Waals surface area contributed by atoms with E-state index in [1.54, 1.807) is 12.1 Å². The summed E-state index contributed by atoms with van der Waals surface area (Å²) in [5, 5.41) is 11.0. The number of aromatic hydroxyl groups is 1. The fourth-order valence-electron chi connectivity index (χ4n) is 4.98. The number of hydrogen-bond acceptors (Lipinski definition) is 3. The van der Waals surface area contributed by atoms with Crippen LogP contribution in [0.3, 0.4) is 0 Å². The maximum Gasteiger partial charge on any atom is 0.119 e. The van der Waals surface area contributed by atoms with Crippen molar-refractivity contribution in [3.63, 3.8) is 0 Å².